The van der Waals surface area contributed by atoms with Crippen molar-refractivity contribution >= 4 is 26.8 Å². The number of nitrogens with zero attached hydrogens (tertiary/aromatic N) is 7. The van der Waals surface area contributed by atoms with Crippen molar-refractivity contribution in [2.75, 3.05) is 13.2 Å². The maximum Gasteiger partial charge on any atom is 0.333 e. The molecule has 2 aromatic rings. The Kier molecular flexibility index (Phi) is 13.4. The van der Waals surface area contributed by atoms with Crippen LogP contribution in [0, 0.1) is 13.8 Å². The lowest BCUT2D eigenvalue weighted by molar-refractivity contribution is -0.0567. The van der Waals surface area contributed by atoms with E-state index < -0.39 is 103 Å². The van der Waals surface area contributed by atoms with Gasteiger partial charge in [0, 0.05) is 47.9 Å². The molecule has 0 bridgehead atoms. The van der Waals surface area contributed by atoms with E-state index in [1.807, 2.05) is 47.0 Å². The highest BCUT2D eigenvalue weighted by molar-refractivity contribution is 7.90. The fraction of sp³-hybridized carbons (Fsp3) is 0.684. The lowest BCUT2D eigenvalue weighted by atomic mass is 9.89. The van der Waals surface area contributed by atoms with Crippen LogP contribution in [0.2, 0.25) is 36.3 Å². The van der Waals surface area contributed by atoms with Crippen molar-refractivity contribution in [1.82, 2.24) is 18.3 Å². The number of aromatic nitrogens is 4. The Morgan fingerprint density at radius 2 is 1.46 bits per heavy atom. The number of rotatable bonds is 13. The number of azide groups is 1. The van der Waals surface area contributed by atoms with Gasteiger partial charge in [0.15, 0.2) is 28.5 Å². The molecular weight excluding hydrogens is 849 g/mol. The summed E-state index contributed by atoms with van der Waals surface area (Å²) in [6.07, 6.45) is 0.0990. The molecule has 7 atom stereocenters. The number of allylic oxidation sites excluding steroid dienone is 2. The van der Waals surface area contributed by atoms with Crippen molar-refractivity contribution in [3.63, 3.8) is 0 Å². The zero-order valence-corrected chi connectivity index (χ0v) is 39.8. The molecule has 23 heteroatoms. The van der Waals surface area contributed by atoms with Gasteiger partial charge < -0.3 is 29.2 Å². The van der Waals surface area contributed by atoms with Crippen LogP contribution >= 0.6 is 0 Å². The molecular formula is C38H60N8O12SSi2. The molecule has 0 radical (unpaired) electrons. The third-order valence-corrected chi connectivity index (χ3v) is 22.7. The van der Waals surface area contributed by atoms with E-state index >= 15 is 0 Å². The Labute approximate surface area is 356 Å². The quantitative estimate of drug-likeness (QED) is 0.0730. The molecule has 1 spiro atoms. The lowest BCUT2D eigenvalue weighted by Crippen LogP contribution is -2.59. The van der Waals surface area contributed by atoms with E-state index in [2.05, 4.69) is 30.8 Å². The summed E-state index contributed by atoms with van der Waals surface area (Å²) in [4.78, 5) is 57.7. The standard InChI is InChI=1S/C38H60N8O12SSi2/c1-23-18-45(29-17-25(41-42-40)26(20-47)55-29)34(50)43(31(23)48)15-13-14-16-44-32(49)24(2)19-46(35(44)51)33-30(57-61(11,12)37(6,7)8)38(27(39)22-59(52,53)58-38)28(56-33)21-54-60(9,10)36(3,4)5/h13-14,18-19,22,25-26,28-30,33,47H,15-17,20-21,39H2,1-12H3/b14-13-/t25-,26+,28+,29+,30-,33+,38?/m0/s1. The molecule has 3 N–H and O–H groups in total. The minimum atomic E-state index is -4.34. The molecule has 2 aromatic heterocycles. The van der Waals surface area contributed by atoms with Gasteiger partial charge in [-0.05, 0) is 55.6 Å². The summed E-state index contributed by atoms with van der Waals surface area (Å²) in [5.74, 6) is 0. The van der Waals surface area contributed by atoms with Crippen LogP contribution in [-0.2, 0) is 45.7 Å². The van der Waals surface area contributed by atoms with Crippen LogP contribution in [0.4, 0.5) is 0 Å². The van der Waals surface area contributed by atoms with Crippen molar-refractivity contribution in [2.45, 2.75) is 154 Å². The van der Waals surface area contributed by atoms with Crippen LogP contribution in [0.15, 0.2) is 59.9 Å². The first-order chi connectivity index (χ1) is 28.0. The Balaban J connectivity index is 1.55. The molecule has 338 valence electrons. The number of nitrogens with two attached hydrogens (primary N) is 1. The van der Waals surface area contributed by atoms with E-state index in [9.17, 15) is 32.7 Å². The maximum absolute atomic E-state index is 14.5. The highest BCUT2D eigenvalue weighted by Crippen LogP contribution is 2.52. The van der Waals surface area contributed by atoms with Gasteiger partial charge in [0.25, 0.3) is 21.2 Å². The second-order valence-electron chi connectivity index (χ2n) is 19.0. The van der Waals surface area contributed by atoms with Gasteiger partial charge in [0.05, 0.1) is 36.5 Å². The summed E-state index contributed by atoms with van der Waals surface area (Å²) < 4.78 is 62.7. The average molecular weight is 909 g/mol. The van der Waals surface area contributed by atoms with Crippen molar-refractivity contribution in [1.29, 1.82) is 0 Å². The monoisotopic (exact) mass is 908 g/mol. The van der Waals surface area contributed by atoms with Crippen molar-refractivity contribution in [3.05, 3.63) is 98.9 Å². The Morgan fingerprint density at radius 1 is 0.934 bits per heavy atom. The summed E-state index contributed by atoms with van der Waals surface area (Å²) in [6, 6.07) is -0.729. The molecule has 61 heavy (non-hydrogen) atoms. The number of aryl methyl sites for hydroxylation is 2. The number of hydrogen-bond acceptors (Lipinski definition) is 14. The SMILES string of the molecule is Cc1cn([C@@H]2O[C@H](CO[Si](C)(C)C(C)(C)C)C3(OS(=O)(=O)C=C3N)[C@H]2O[Si](C)(C)C(C)(C)C)c(=O)n(C/C=C\Cn2c(=O)c(C)cn([C@H]3C[C@H](N=[N+]=[N-])[C@@H](CO)O3)c2=O)c1=O. The van der Waals surface area contributed by atoms with E-state index in [0.29, 0.717) is 0 Å². The molecule has 5 heterocycles. The smallest absolute Gasteiger partial charge is 0.333 e. The predicted octanol–water partition coefficient (Wildman–Crippen LogP) is 3.37. The van der Waals surface area contributed by atoms with Crippen molar-refractivity contribution in [3.8, 4) is 0 Å². The van der Waals surface area contributed by atoms with Gasteiger partial charge in [-0.1, -0.05) is 58.8 Å². The molecule has 0 amide bonds. The highest BCUT2D eigenvalue weighted by atomic mass is 32.2. The van der Waals surface area contributed by atoms with Crippen LogP contribution < -0.4 is 28.2 Å². The summed E-state index contributed by atoms with van der Waals surface area (Å²) in [5.41, 5.74) is 11.1. The van der Waals surface area contributed by atoms with E-state index in [1.165, 1.54) is 47.5 Å². The third-order valence-electron chi connectivity index (χ3n) is 12.7. The second-order valence-corrected chi connectivity index (χ2v) is 29.9. The number of hydrogen-bond donors (Lipinski definition) is 2. The molecule has 2 saturated heterocycles. The zero-order chi connectivity index (χ0) is 45.8. The maximum atomic E-state index is 14.5. The van der Waals surface area contributed by atoms with Crippen LogP contribution in [-0.4, -0.2) is 91.6 Å². The summed E-state index contributed by atoms with van der Waals surface area (Å²) in [6.45, 7) is 22.1. The van der Waals surface area contributed by atoms with Gasteiger partial charge in [-0.3, -0.25) is 27.9 Å². The zero-order valence-electron chi connectivity index (χ0n) is 36.9. The van der Waals surface area contributed by atoms with E-state index in [1.54, 1.807) is 0 Å². The largest absolute Gasteiger partial charge is 0.414 e. The molecule has 2 fully saturated rings. The van der Waals surface area contributed by atoms with E-state index in [4.69, 9.17) is 33.8 Å². The number of aliphatic hydroxyl groups is 1. The van der Waals surface area contributed by atoms with Gasteiger partial charge in [-0.2, -0.15) is 8.42 Å². The minimum absolute atomic E-state index is 0.0913. The van der Waals surface area contributed by atoms with Gasteiger partial charge in [-0.15, -0.1) is 0 Å². The Hall–Kier alpha value is -3.91. The van der Waals surface area contributed by atoms with Crippen molar-refractivity contribution in [2.24, 2.45) is 10.8 Å². The third kappa shape index (κ3) is 9.13. The fourth-order valence-electron chi connectivity index (χ4n) is 7.04. The van der Waals surface area contributed by atoms with Crippen LogP contribution in [0.1, 0.15) is 71.5 Å². The second kappa shape index (κ2) is 17.0. The molecule has 0 aromatic carbocycles. The molecule has 0 saturated carbocycles. The Morgan fingerprint density at radius 3 is 1.93 bits per heavy atom. The lowest BCUT2D eigenvalue weighted by Gasteiger charge is -2.43. The topological polar surface area (TPSA) is 263 Å². The molecule has 3 aliphatic rings. The Bertz CT molecular complexity index is 2490. The van der Waals surface area contributed by atoms with Gasteiger partial charge in [-0.25, -0.2) is 13.8 Å². The minimum Gasteiger partial charge on any atom is -0.414 e. The molecule has 3 aliphatic heterocycles. The summed E-state index contributed by atoms with van der Waals surface area (Å²) in [5, 5.41) is 13.6. The highest BCUT2D eigenvalue weighted by Gasteiger charge is 2.67. The predicted molar refractivity (Wildman–Crippen MR) is 231 cm³/mol. The summed E-state index contributed by atoms with van der Waals surface area (Å²) >= 11 is 0. The van der Waals surface area contributed by atoms with Gasteiger partial charge in [0.2, 0.25) is 0 Å². The first kappa shape index (κ1) is 48.1. The van der Waals surface area contributed by atoms with Crippen LogP contribution in [0.5, 0.6) is 0 Å². The summed E-state index contributed by atoms with van der Waals surface area (Å²) in [7, 11) is -9.66. The van der Waals surface area contributed by atoms with E-state index in [-0.39, 0.29) is 48.0 Å². The van der Waals surface area contributed by atoms with Crippen LogP contribution in [0.25, 0.3) is 10.4 Å². The first-order valence-corrected chi connectivity index (χ1v) is 27.3. The van der Waals surface area contributed by atoms with Gasteiger partial charge >= 0.3 is 11.4 Å². The van der Waals surface area contributed by atoms with E-state index in [0.717, 1.165) is 14.5 Å². The normalized spacial score (nSPS) is 26.9. The van der Waals surface area contributed by atoms with Gasteiger partial charge in [0.1, 0.15) is 18.4 Å². The van der Waals surface area contributed by atoms with Crippen molar-refractivity contribution < 1.29 is 36.0 Å². The molecule has 0 aliphatic carbocycles. The number of aliphatic hydroxyl groups excluding tert-OH is 1. The first-order valence-electron chi connectivity index (χ1n) is 20.0. The molecule has 5 rings (SSSR count). The van der Waals surface area contributed by atoms with Crippen LogP contribution in [0.3, 0.4) is 0 Å². The molecule has 1 unspecified atom stereocenters. The fourth-order valence-corrected chi connectivity index (χ4v) is 10.5. The number of ether oxygens (including phenoxy) is 2. The average Bonchev–Trinajstić information content (AvgIpc) is 3.76. The molecule has 20 nitrogen and oxygen atoms in total.